The summed E-state index contributed by atoms with van der Waals surface area (Å²) in [6, 6.07) is 14.7. The summed E-state index contributed by atoms with van der Waals surface area (Å²) in [4.78, 5) is 0.327. The van der Waals surface area contributed by atoms with Gasteiger partial charge in [-0.15, -0.1) is 12.4 Å². The maximum absolute atomic E-state index is 12.6. The molecule has 0 unspecified atom stereocenters. The highest BCUT2D eigenvalue weighted by atomic mass is 35.5. The summed E-state index contributed by atoms with van der Waals surface area (Å²) in [5.41, 5.74) is 2.14. The van der Waals surface area contributed by atoms with E-state index in [4.69, 9.17) is 16.3 Å². The zero-order chi connectivity index (χ0) is 17.7. The number of hydrogen-bond donors (Lipinski definition) is 1. The second-order valence-corrected chi connectivity index (χ2v) is 8.27. The zero-order valence-electron chi connectivity index (χ0n) is 14.2. The molecule has 0 bridgehead atoms. The van der Waals surface area contributed by atoms with Crippen LogP contribution in [0.3, 0.4) is 0 Å². The molecular weight excluding hydrogens is 395 g/mol. The van der Waals surface area contributed by atoms with Crippen LogP contribution >= 0.6 is 24.0 Å². The van der Waals surface area contributed by atoms with E-state index in [0.717, 1.165) is 16.1 Å². The monoisotopic (exact) mass is 416 g/mol. The summed E-state index contributed by atoms with van der Waals surface area (Å²) in [6.07, 6.45) is 0. The van der Waals surface area contributed by atoms with Crippen molar-refractivity contribution in [1.82, 2.24) is 9.62 Å². The molecule has 1 aliphatic heterocycles. The van der Waals surface area contributed by atoms with Gasteiger partial charge in [-0.2, -0.15) is 4.31 Å². The summed E-state index contributed by atoms with van der Waals surface area (Å²) in [5.74, 6) is 0. The molecule has 1 fully saturated rings. The predicted octanol–water partition coefficient (Wildman–Crippen LogP) is 3.07. The third-order valence-corrected chi connectivity index (χ3v) is 6.23. The molecule has 5 nitrogen and oxygen atoms in total. The van der Waals surface area contributed by atoms with Gasteiger partial charge in [0, 0.05) is 31.2 Å². The number of rotatable bonds is 6. The minimum atomic E-state index is -3.43. The molecule has 0 saturated carbocycles. The van der Waals surface area contributed by atoms with Crippen molar-refractivity contribution in [2.24, 2.45) is 0 Å². The van der Waals surface area contributed by atoms with E-state index in [1.54, 1.807) is 12.1 Å². The molecular formula is C18H22Cl2N2O3S. The molecule has 2 aromatic carbocycles. The van der Waals surface area contributed by atoms with E-state index in [9.17, 15) is 8.42 Å². The number of nitrogens with one attached hydrogen (secondary N) is 1. The topological polar surface area (TPSA) is 58.6 Å². The third-order valence-electron chi connectivity index (χ3n) is 4.08. The first-order valence-electron chi connectivity index (χ1n) is 8.18. The molecule has 1 heterocycles. The fourth-order valence-corrected chi connectivity index (χ4v) is 4.33. The molecule has 0 aromatic heterocycles. The lowest BCUT2D eigenvalue weighted by Crippen LogP contribution is -2.40. The van der Waals surface area contributed by atoms with Crippen LogP contribution < -0.4 is 5.32 Å². The zero-order valence-corrected chi connectivity index (χ0v) is 16.6. The summed E-state index contributed by atoms with van der Waals surface area (Å²) in [5, 5.41) is 4.05. The lowest BCUT2D eigenvalue weighted by molar-refractivity contribution is 0.0730. The fourth-order valence-electron chi connectivity index (χ4n) is 2.71. The van der Waals surface area contributed by atoms with Crippen LogP contribution in [0.4, 0.5) is 0 Å². The maximum atomic E-state index is 12.6. The van der Waals surface area contributed by atoms with Crippen LogP contribution in [0, 0.1) is 0 Å². The Morgan fingerprint density at radius 1 is 1.00 bits per heavy atom. The van der Waals surface area contributed by atoms with Crippen LogP contribution in [0.2, 0.25) is 5.02 Å². The Balaban J connectivity index is 0.00000243. The van der Waals surface area contributed by atoms with Gasteiger partial charge in [0.2, 0.25) is 10.0 Å². The van der Waals surface area contributed by atoms with E-state index in [1.807, 2.05) is 36.4 Å². The summed E-state index contributed by atoms with van der Waals surface area (Å²) in [6.45, 7) is 3.07. The molecule has 26 heavy (non-hydrogen) atoms. The van der Waals surface area contributed by atoms with Gasteiger partial charge in [-0.3, -0.25) is 0 Å². The van der Waals surface area contributed by atoms with E-state index in [1.165, 1.54) is 4.31 Å². The summed E-state index contributed by atoms with van der Waals surface area (Å²) < 4.78 is 31.8. The van der Waals surface area contributed by atoms with Crippen molar-refractivity contribution >= 4 is 34.0 Å². The quantitative estimate of drug-likeness (QED) is 0.785. The van der Waals surface area contributed by atoms with Gasteiger partial charge in [0.15, 0.2) is 0 Å². The Labute approximate surface area is 165 Å². The first kappa shape index (κ1) is 21.2. The molecule has 3 rings (SSSR count). The summed E-state index contributed by atoms with van der Waals surface area (Å²) >= 11 is 5.97. The molecule has 2 aromatic rings. The van der Waals surface area contributed by atoms with E-state index in [2.05, 4.69) is 5.32 Å². The van der Waals surface area contributed by atoms with E-state index in [0.29, 0.717) is 44.3 Å². The molecule has 0 spiro atoms. The maximum Gasteiger partial charge on any atom is 0.243 e. The standard InChI is InChI=1S/C18H21ClN2O3S.ClH/c19-17-3-1-2-16(12-17)14-20-13-15-4-6-18(7-5-15)25(22,23)21-8-10-24-11-9-21;/h1-7,12,20H,8-11,13-14H2;1H. The van der Waals surface area contributed by atoms with Gasteiger partial charge in [-0.25, -0.2) is 8.42 Å². The molecule has 8 heteroatoms. The third kappa shape index (κ3) is 5.42. The second kappa shape index (κ2) is 9.69. The summed E-state index contributed by atoms with van der Waals surface area (Å²) in [7, 11) is -3.43. The van der Waals surface area contributed by atoms with Gasteiger partial charge in [-0.05, 0) is 35.4 Å². The SMILES string of the molecule is Cl.O=S(=O)(c1ccc(CNCc2cccc(Cl)c2)cc1)N1CCOCC1. The van der Waals surface area contributed by atoms with Crippen molar-refractivity contribution in [1.29, 1.82) is 0 Å². The lowest BCUT2D eigenvalue weighted by Gasteiger charge is -2.26. The minimum Gasteiger partial charge on any atom is -0.379 e. The Hall–Kier alpha value is -1.15. The molecule has 1 aliphatic rings. The minimum absolute atomic E-state index is 0. The number of ether oxygens (including phenoxy) is 1. The predicted molar refractivity (Wildman–Crippen MR) is 105 cm³/mol. The average molecular weight is 417 g/mol. The molecule has 1 N–H and O–H groups in total. The van der Waals surface area contributed by atoms with Gasteiger partial charge in [0.25, 0.3) is 0 Å². The Morgan fingerprint density at radius 3 is 2.31 bits per heavy atom. The number of morpholine rings is 1. The van der Waals surface area contributed by atoms with Gasteiger partial charge < -0.3 is 10.1 Å². The Morgan fingerprint density at radius 2 is 1.65 bits per heavy atom. The average Bonchev–Trinajstić information content (AvgIpc) is 2.63. The van der Waals surface area contributed by atoms with Crippen molar-refractivity contribution in [3.8, 4) is 0 Å². The highest BCUT2D eigenvalue weighted by molar-refractivity contribution is 7.89. The van der Waals surface area contributed by atoms with Crippen LogP contribution in [0.5, 0.6) is 0 Å². The van der Waals surface area contributed by atoms with Crippen LogP contribution in [0.25, 0.3) is 0 Å². The lowest BCUT2D eigenvalue weighted by atomic mass is 10.2. The smallest absolute Gasteiger partial charge is 0.243 e. The van der Waals surface area contributed by atoms with Crippen LogP contribution in [0.1, 0.15) is 11.1 Å². The number of hydrogen-bond acceptors (Lipinski definition) is 4. The number of benzene rings is 2. The van der Waals surface area contributed by atoms with Crippen LogP contribution in [0.15, 0.2) is 53.4 Å². The first-order chi connectivity index (χ1) is 12.1. The first-order valence-corrected chi connectivity index (χ1v) is 9.99. The van der Waals surface area contributed by atoms with Gasteiger partial charge in [-0.1, -0.05) is 35.9 Å². The second-order valence-electron chi connectivity index (χ2n) is 5.89. The van der Waals surface area contributed by atoms with E-state index in [-0.39, 0.29) is 12.4 Å². The molecule has 1 saturated heterocycles. The van der Waals surface area contributed by atoms with Crippen LogP contribution in [-0.4, -0.2) is 39.0 Å². The molecule has 0 aliphatic carbocycles. The normalized spacial score (nSPS) is 15.4. The van der Waals surface area contributed by atoms with Gasteiger partial charge >= 0.3 is 0 Å². The fraction of sp³-hybridized carbons (Fsp3) is 0.333. The van der Waals surface area contributed by atoms with Crippen molar-refractivity contribution in [3.63, 3.8) is 0 Å². The molecule has 0 radical (unpaired) electrons. The van der Waals surface area contributed by atoms with Gasteiger partial charge in [0.1, 0.15) is 0 Å². The van der Waals surface area contributed by atoms with Crippen molar-refractivity contribution in [3.05, 3.63) is 64.7 Å². The van der Waals surface area contributed by atoms with Gasteiger partial charge in [0.05, 0.1) is 18.1 Å². The largest absolute Gasteiger partial charge is 0.379 e. The number of nitrogens with zero attached hydrogens (tertiary/aromatic N) is 1. The Kier molecular flexibility index (Phi) is 7.88. The molecule has 142 valence electrons. The highest BCUT2D eigenvalue weighted by Gasteiger charge is 2.25. The van der Waals surface area contributed by atoms with Crippen molar-refractivity contribution in [2.75, 3.05) is 26.3 Å². The van der Waals surface area contributed by atoms with Crippen molar-refractivity contribution in [2.45, 2.75) is 18.0 Å². The van der Waals surface area contributed by atoms with E-state index >= 15 is 0 Å². The molecule has 0 atom stereocenters. The van der Waals surface area contributed by atoms with Crippen LogP contribution in [-0.2, 0) is 27.8 Å². The Bertz CT molecular complexity index is 807. The van der Waals surface area contributed by atoms with E-state index < -0.39 is 10.0 Å². The molecule has 0 amide bonds. The highest BCUT2D eigenvalue weighted by Crippen LogP contribution is 2.18. The number of sulfonamides is 1. The van der Waals surface area contributed by atoms with Crippen molar-refractivity contribution < 1.29 is 13.2 Å². The number of halogens is 2.